The summed E-state index contributed by atoms with van der Waals surface area (Å²) in [5, 5.41) is 2.00. The number of halogens is 1. The number of H-pyrrole nitrogens is 1. The molecule has 0 spiro atoms. The SMILES string of the molecule is COCc1nc(-c2cncc3ccccc23)[nH]c(=O)c1I. The number of rotatable bonds is 3. The summed E-state index contributed by atoms with van der Waals surface area (Å²) in [6.45, 7) is 0.299. The van der Waals surface area contributed by atoms with Crippen molar-refractivity contribution in [2.75, 3.05) is 7.11 Å². The molecule has 106 valence electrons. The zero-order chi connectivity index (χ0) is 14.8. The number of benzene rings is 1. The van der Waals surface area contributed by atoms with Crippen molar-refractivity contribution in [3.05, 3.63) is 56.3 Å². The van der Waals surface area contributed by atoms with E-state index in [0.29, 0.717) is 21.7 Å². The van der Waals surface area contributed by atoms with E-state index < -0.39 is 0 Å². The molecular formula is C15H12IN3O2. The number of aromatic amines is 1. The predicted octanol–water partition coefficient (Wildman–Crippen LogP) is 2.74. The van der Waals surface area contributed by atoms with Crippen molar-refractivity contribution in [2.24, 2.45) is 0 Å². The third-order valence-electron chi connectivity index (χ3n) is 3.14. The number of pyridine rings is 1. The van der Waals surface area contributed by atoms with Crippen molar-refractivity contribution >= 4 is 33.4 Å². The molecule has 0 bridgehead atoms. The molecule has 6 heteroatoms. The predicted molar refractivity (Wildman–Crippen MR) is 89.0 cm³/mol. The van der Waals surface area contributed by atoms with Gasteiger partial charge in [-0.15, -0.1) is 0 Å². The highest BCUT2D eigenvalue weighted by Crippen LogP contribution is 2.24. The number of nitrogens with zero attached hydrogens (tertiary/aromatic N) is 2. The monoisotopic (exact) mass is 393 g/mol. The summed E-state index contributed by atoms with van der Waals surface area (Å²) in [5.41, 5.74) is 1.27. The topological polar surface area (TPSA) is 67.9 Å². The van der Waals surface area contributed by atoms with Crippen LogP contribution in [0.4, 0.5) is 0 Å². The van der Waals surface area contributed by atoms with Gasteiger partial charge in [0.1, 0.15) is 9.39 Å². The van der Waals surface area contributed by atoms with E-state index in [9.17, 15) is 4.79 Å². The maximum absolute atomic E-state index is 12.1. The van der Waals surface area contributed by atoms with Gasteiger partial charge in [0.25, 0.3) is 5.56 Å². The van der Waals surface area contributed by atoms with E-state index in [1.54, 1.807) is 19.5 Å². The second-order valence-electron chi connectivity index (χ2n) is 4.52. The number of methoxy groups -OCH3 is 1. The van der Waals surface area contributed by atoms with Crippen LogP contribution in [-0.2, 0) is 11.3 Å². The lowest BCUT2D eigenvalue weighted by atomic mass is 10.1. The summed E-state index contributed by atoms with van der Waals surface area (Å²) >= 11 is 1.98. The van der Waals surface area contributed by atoms with Crippen LogP contribution in [0.1, 0.15) is 5.69 Å². The fraction of sp³-hybridized carbons (Fsp3) is 0.133. The molecule has 21 heavy (non-hydrogen) atoms. The Balaban J connectivity index is 2.26. The fourth-order valence-electron chi connectivity index (χ4n) is 2.17. The van der Waals surface area contributed by atoms with Crippen LogP contribution < -0.4 is 5.56 Å². The van der Waals surface area contributed by atoms with Crippen molar-refractivity contribution in [1.29, 1.82) is 0 Å². The molecule has 0 fully saturated rings. The number of fused-ring (bicyclic) bond motifs is 1. The molecule has 1 N–H and O–H groups in total. The van der Waals surface area contributed by atoms with Gasteiger partial charge in [0, 0.05) is 30.5 Å². The minimum absolute atomic E-state index is 0.166. The molecule has 0 aliphatic heterocycles. The van der Waals surface area contributed by atoms with Crippen LogP contribution in [0.25, 0.3) is 22.2 Å². The highest BCUT2D eigenvalue weighted by Gasteiger charge is 2.12. The van der Waals surface area contributed by atoms with E-state index >= 15 is 0 Å². The maximum atomic E-state index is 12.1. The standard InChI is InChI=1S/C15H12IN3O2/c1-21-8-12-13(16)15(20)19-14(18-12)11-7-17-6-9-4-2-3-5-10(9)11/h2-7H,8H2,1H3,(H,18,19,20). The zero-order valence-electron chi connectivity index (χ0n) is 11.3. The minimum atomic E-state index is -0.166. The van der Waals surface area contributed by atoms with Gasteiger partial charge in [-0.3, -0.25) is 9.78 Å². The Kier molecular flexibility index (Phi) is 3.98. The highest BCUT2D eigenvalue weighted by atomic mass is 127. The quantitative estimate of drug-likeness (QED) is 0.695. The second-order valence-corrected chi connectivity index (χ2v) is 5.60. The molecule has 2 aromatic heterocycles. The number of hydrogen-bond acceptors (Lipinski definition) is 4. The number of nitrogens with one attached hydrogen (secondary N) is 1. The fourth-order valence-corrected chi connectivity index (χ4v) is 2.58. The molecule has 2 heterocycles. The minimum Gasteiger partial charge on any atom is -0.378 e. The van der Waals surface area contributed by atoms with Gasteiger partial charge in [0.15, 0.2) is 0 Å². The molecule has 0 amide bonds. The lowest BCUT2D eigenvalue weighted by Gasteiger charge is -2.08. The second kappa shape index (κ2) is 5.90. The van der Waals surface area contributed by atoms with E-state index in [1.807, 2.05) is 46.9 Å². The normalized spacial score (nSPS) is 11.0. The van der Waals surface area contributed by atoms with Gasteiger partial charge in [0.05, 0.1) is 12.3 Å². The van der Waals surface area contributed by atoms with Gasteiger partial charge in [-0.1, -0.05) is 24.3 Å². The lowest BCUT2D eigenvalue weighted by Crippen LogP contribution is -2.17. The van der Waals surface area contributed by atoms with Gasteiger partial charge in [-0.2, -0.15) is 0 Å². The van der Waals surface area contributed by atoms with E-state index in [-0.39, 0.29) is 5.56 Å². The van der Waals surface area contributed by atoms with Gasteiger partial charge in [-0.25, -0.2) is 4.98 Å². The third kappa shape index (κ3) is 2.68. The Hall–Kier alpha value is -1.80. The zero-order valence-corrected chi connectivity index (χ0v) is 13.4. The molecule has 0 saturated heterocycles. The first-order chi connectivity index (χ1) is 10.2. The van der Waals surface area contributed by atoms with Gasteiger partial charge >= 0.3 is 0 Å². The van der Waals surface area contributed by atoms with E-state index in [1.165, 1.54) is 0 Å². The summed E-state index contributed by atoms with van der Waals surface area (Å²) in [7, 11) is 1.58. The molecule has 0 saturated carbocycles. The van der Waals surface area contributed by atoms with E-state index in [2.05, 4.69) is 15.0 Å². The molecule has 0 unspecified atom stereocenters. The Morgan fingerprint density at radius 1 is 1.29 bits per heavy atom. The Bertz CT molecular complexity index is 856. The summed E-state index contributed by atoms with van der Waals surface area (Å²) in [6.07, 6.45) is 3.50. The van der Waals surface area contributed by atoms with Crippen LogP contribution in [0, 0.1) is 3.57 Å². The molecule has 0 radical (unpaired) electrons. The highest BCUT2D eigenvalue weighted by molar-refractivity contribution is 14.1. The lowest BCUT2D eigenvalue weighted by molar-refractivity contribution is 0.180. The van der Waals surface area contributed by atoms with Crippen LogP contribution in [0.5, 0.6) is 0 Å². The first kappa shape index (κ1) is 14.2. The van der Waals surface area contributed by atoms with Gasteiger partial charge in [0.2, 0.25) is 0 Å². The van der Waals surface area contributed by atoms with E-state index in [4.69, 9.17) is 4.74 Å². The first-order valence-electron chi connectivity index (χ1n) is 6.31. The Labute approximate surface area is 134 Å². The van der Waals surface area contributed by atoms with Crippen LogP contribution in [-0.4, -0.2) is 22.1 Å². The average molecular weight is 393 g/mol. The Morgan fingerprint density at radius 3 is 2.90 bits per heavy atom. The van der Waals surface area contributed by atoms with Gasteiger partial charge < -0.3 is 9.72 Å². The molecule has 3 aromatic rings. The van der Waals surface area contributed by atoms with Crippen molar-refractivity contribution < 1.29 is 4.74 Å². The first-order valence-corrected chi connectivity index (χ1v) is 7.39. The average Bonchev–Trinajstić information content (AvgIpc) is 2.51. The van der Waals surface area contributed by atoms with Crippen molar-refractivity contribution in [3.63, 3.8) is 0 Å². The Morgan fingerprint density at radius 2 is 2.10 bits per heavy atom. The largest absolute Gasteiger partial charge is 0.378 e. The third-order valence-corrected chi connectivity index (χ3v) is 4.25. The van der Waals surface area contributed by atoms with Crippen molar-refractivity contribution in [1.82, 2.24) is 15.0 Å². The van der Waals surface area contributed by atoms with Crippen LogP contribution >= 0.6 is 22.6 Å². The summed E-state index contributed by atoms with van der Waals surface area (Å²) in [5.74, 6) is 0.511. The van der Waals surface area contributed by atoms with Crippen molar-refractivity contribution in [3.8, 4) is 11.4 Å². The molecule has 0 aliphatic rings. The van der Waals surface area contributed by atoms with Crippen LogP contribution in [0.15, 0.2) is 41.5 Å². The number of aromatic nitrogens is 3. The summed E-state index contributed by atoms with van der Waals surface area (Å²) < 4.78 is 5.65. The van der Waals surface area contributed by atoms with E-state index in [0.717, 1.165) is 16.3 Å². The molecule has 1 aromatic carbocycles. The molecular weight excluding hydrogens is 381 g/mol. The molecule has 0 atom stereocenters. The summed E-state index contributed by atoms with van der Waals surface area (Å²) in [4.78, 5) is 23.6. The smallest absolute Gasteiger partial charge is 0.264 e. The van der Waals surface area contributed by atoms with Crippen LogP contribution in [0.3, 0.4) is 0 Å². The van der Waals surface area contributed by atoms with Gasteiger partial charge in [-0.05, 0) is 28.0 Å². The molecule has 3 rings (SSSR count). The maximum Gasteiger partial charge on any atom is 0.264 e. The molecule has 5 nitrogen and oxygen atoms in total. The number of hydrogen-bond donors (Lipinski definition) is 1. The van der Waals surface area contributed by atoms with Crippen LogP contribution in [0.2, 0.25) is 0 Å². The summed E-state index contributed by atoms with van der Waals surface area (Å²) in [6, 6.07) is 7.87. The number of ether oxygens (including phenoxy) is 1. The van der Waals surface area contributed by atoms with Crippen molar-refractivity contribution in [2.45, 2.75) is 6.61 Å². The molecule has 0 aliphatic carbocycles.